The molecule has 6 atom stereocenters. The Morgan fingerprint density at radius 1 is 0.531 bits per heavy atom. The van der Waals surface area contributed by atoms with Gasteiger partial charge in [-0.25, -0.2) is 9.78 Å². The number of hydrogen-bond donors (Lipinski definition) is 4. The molecule has 0 aliphatic heterocycles. The van der Waals surface area contributed by atoms with Gasteiger partial charge in [-0.1, -0.05) is 0 Å². The van der Waals surface area contributed by atoms with Crippen LogP contribution in [0.15, 0.2) is 0 Å². The molecular formula is C36H60O13. The van der Waals surface area contributed by atoms with Crippen molar-refractivity contribution in [2.24, 2.45) is 35.5 Å². The first kappa shape index (κ1) is 39.9. The minimum atomic E-state index is -0.994. The maximum atomic E-state index is 12.7. The third kappa shape index (κ3) is 14.0. The highest BCUT2D eigenvalue weighted by atomic mass is 17.2. The summed E-state index contributed by atoms with van der Waals surface area (Å²) < 4.78 is 22.9. The quantitative estimate of drug-likeness (QED) is 0.0615. The number of aliphatic carboxylic acids is 2. The summed E-state index contributed by atoms with van der Waals surface area (Å²) in [5.41, 5.74) is 0. The van der Waals surface area contributed by atoms with Gasteiger partial charge in [-0.15, -0.1) is 0 Å². The number of carboxylic acid groups (broad SMARTS) is 2. The van der Waals surface area contributed by atoms with Crippen molar-refractivity contribution in [1.29, 1.82) is 0 Å². The van der Waals surface area contributed by atoms with E-state index in [2.05, 4.69) is 0 Å². The number of aliphatic hydroxyl groups excluding tert-OH is 2. The first-order valence-electron chi connectivity index (χ1n) is 18.7. The van der Waals surface area contributed by atoms with Gasteiger partial charge in [0.05, 0.1) is 69.1 Å². The number of esters is 1. The molecular weight excluding hydrogens is 640 g/mol. The lowest BCUT2D eigenvalue weighted by Crippen LogP contribution is -2.40. The van der Waals surface area contributed by atoms with Gasteiger partial charge in [-0.05, 0) is 115 Å². The van der Waals surface area contributed by atoms with Gasteiger partial charge in [0.15, 0.2) is 0 Å². The number of hydrogen-bond acceptors (Lipinski definition) is 11. The second-order valence-corrected chi connectivity index (χ2v) is 14.7. The van der Waals surface area contributed by atoms with Crippen LogP contribution in [0.3, 0.4) is 0 Å². The molecule has 0 aromatic heterocycles. The Morgan fingerprint density at radius 2 is 1.02 bits per heavy atom. The third-order valence-electron chi connectivity index (χ3n) is 11.2. The molecule has 0 radical (unpaired) electrons. The van der Waals surface area contributed by atoms with Gasteiger partial charge in [0.2, 0.25) is 0 Å². The van der Waals surface area contributed by atoms with Crippen LogP contribution in [0.4, 0.5) is 0 Å². The van der Waals surface area contributed by atoms with Gasteiger partial charge in [-0.3, -0.25) is 14.4 Å². The molecule has 4 N–H and O–H groups in total. The molecule has 0 aromatic rings. The lowest BCUT2D eigenvalue weighted by molar-refractivity contribution is -0.338. The summed E-state index contributed by atoms with van der Waals surface area (Å²) in [5.74, 6) is -3.45. The van der Waals surface area contributed by atoms with Crippen molar-refractivity contribution in [3.05, 3.63) is 0 Å². The van der Waals surface area contributed by atoms with Crippen molar-refractivity contribution in [2.75, 3.05) is 46.2 Å². The Morgan fingerprint density at radius 3 is 1.57 bits per heavy atom. The maximum Gasteiger partial charge on any atom is 0.310 e. The molecule has 0 heterocycles. The summed E-state index contributed by atoms with van der Waals surface area (Å²) in [6, 6.07) is 0. The zero-order valence-electron chi connectivity index (χ0n) is 29.0. The minimum absolute atomic E-state index is 0.0240. The zero-order chi connectivity index (χ0) is 35.0. The Bertz CT molecular complexity index is 978. The topological polar surface area (TPSA) is 188 Å². The van der Waals surface area contributed by atoms with Gasteiger partial charge >= 0.3 is 17.9 Å². The fourth-order valence-electron chi connectivity index (χ4n) is 8.02. The highest BCUT2D eigenvalue weighted by Gasteiger charge is 2.41. The number of ether oxygens (including phenoxy) is 4. The Labute approximate surface area is 290 Å². The molecule has 4 saturated carbocycles. The Balaban J connectivity index is 0.915. The van der Waals surface area contributed by atoms with Gasteiger partial charge in [-0.2, -0.15) is 0 Å². The van der Waals surface area contributed by atoms with Crippen LogP contribution in [-0.2, 0) is 43.1 Å². The highest BCUT2D eigenvalue weighted by Crippen LogP contribution is 2.35. The lowest BCUT2D eigenvalue weighted by atomic mass is 9.78. The Kier molecular flexibility index (Phi) is 17.5. The van der Waals surface area contributed by atoms with E-state index in [0.29, 0.717) is 83.6 Å². The lowest BCUT2D eigenvalue weighted by Gasteiger charge is -2.33. The molecule has 6 unspecified atom stereocenters. The van der Waals surface area contributed by atoms with Crippen LogP contribution in [0.5, 0.6) is 0 Å². The molecule has 0 spiro atoms. The maximum absolute atomic E-state index is 12.7. The van der Waals surface area contributed by atoms with Gasteiger partial charge < -0.3 is 39.4 Å². The predicted molar refractivity (Wildman–Crippen MR) is 175 cm³/mol. The van der Waals surface area contributed by atoms with E-state index in [1.165, 1.54) is 0 Å². The monoisotopic (exact) mass is 700 g/mol. The second-order valence-electron chi connectivity index (χ2n) is 14.7. The normalized spacial score (nSPS) is 33.9. The van der Waals surface area contributed by atoms with E-state index < -0.39 is 47.9 Å². The number of carbonyl (C=O) groups excluding carboxylic acids is 1. The largest absolute Gasteiger partial charge is 0.481 e. The molecule has 0 bridgehead atoms. The van der Waals surface area contributed by atoms with Crippen molar-refractivity contribution in [3.63, 3.8) is 0 Å². The smallest absolute Gasteiger partial charge is 0.310 e. The minimum Gasteiger partial charge on any atom is -0.481 e. The van der Waals surface area contributed by atoms with E-state index in [9.17, 15) is 34.8 Å². The summed E-state index contributed by atoms with van der Waals surface area (Å²) >= 11 is 0. The summed E-state index contributed by atoms with van der Waals surface area (Å²) in [6.07, 6.45) is 10.3. The summed E-state index contributed by atoms with van der Waals surface area (Å²) in [5, 5.41) is 38.7. The molecule has 0 saturated heterocycles. The average molecular weight is 701 g/mol. The zero-order valence-corrected chi connectivity index (χ0v) is 29.0. The molecule has 13 heteroatoms. The first-order valence-corrected chi connectivity index (χ1v) is 18.7. The van der Waals surface area contributed by atoms with Crippen LogP contribution in [0.1, 0.15) is 103 Å². The van der Waals surface area contributed by atoms with Crippen LogP contribution in [-0.4, -0.2) is 109 Å². The molecule has 13 nitrogen and oxygen atoms in total. The highest BCUT2D eigenvalue weighted by molar-refractivity contribution is 5.81. The molecule has 4 aliphatic rings. The van der Waals surface area contributed by atoms with Crippen LogP contribution in [0.2, 0.25) is 0 Å². The van der Waals surface area contributed by atoms with Crippen LogP contribution >= 0.6 is 0 Å². The first-order chi connectivity index (χ1) is 23.7. The van der Waals surface area contributed by atoms with E-state index in [1.807, 2.05) is 0 Å². The van der Waals surface area contributed by atoms with E-state index >= 15 is 0 Å². The third-order valence-corrected chi connectivity index (χ3v) is 11.2. The predicted octanol–water partition coefficient (Wildman–Crippen LogP) is 4.15. The van der Waals surface area contributed by atoms with Crippen molar-refractivity contribution >= 4 is 17.9 Å². The van der Waals surface area contributed by atoms with E-state index in [1.54, 1.807) is 0 Å². The molecule has 0 amide bonds. The van der Waals surface area contributed by atoms with Crippen LogP contribution < -0.4 is 0 Å². The number of aliphatic hydroxyl groups is 2. The van der Waals surface area contributed by atoms with Crippen molar-refractivity contribution in [2.45, 2.75) is 127 Å². The number of carbonyl (C=O) groups is 3. The molecule has 282 valence electrons. The molecule has 4 fully saturated rings. The van der Waals surface area contributed by atoms with Crippen LogP contribution in [0, 0.1) is 35.5 Å². The van der Waals surface area contributed by atoms with E-state index in [0.717, 1.165) is 64.2 Å². The molecule has 0 aromatic carbocycles. The van der Waals surface area contributed by atoms with Gasteiger partial charge in [0.1, 0.15) is 6.10 Å². The van der Waals surface area contributed by atoms with Gasteiger partial charge in [0.25, 0.3) is 0 Å². The van der Waals surface area contributed by atoms with E-state index in [4.69, 9.17) is 28.7 Å². The van der Waals surface area contributed by atoms with E-state index in [-0.39, 0.29) is 31.2 Å². The summed E-state index contributed by atoms with van der Waals surface area (Å²) in [7, 11) is 0. The molecule has 4 rings (SSSR count). The second kappa shape index (κ2) is 21.5. The number of rotatable bonds is 20. The molecule has 4 aliphatic carbocycles. The van der Waals surface area contributed by atoms with Crippen LogP contribution in [0.25, 0.3) is 0 Å². The summed E-state index contributed by atoms with van der Waals surface area (Å²) in [4.78, 5) is 46.8. The van der Waals surface area contributed by atoms with Crippen molar-refractivity contribution < 1.29 is 63.5 Å². The fourth-order valence-corrected chi connectivity index (χ4v) is 8.02. The average Bonchev–Trinajstić information content (AvgIpc) is 3.08. The Hall–Kier alpha value is -1.87. The fraction of sp³-hybridized carbons (Fsp3) is 0.917. The standard InChI is InChI=1S/C36H60O13/c37-27-5-11-31(34(39)40)26(21-27)23-47-49-30-9-3-25(4-10-30)14-16-45-18-20-46-19-17-44-15-13-24-1-7-29(8-2-24)48-36(43)33-22-28(38)6-12-32(33)35(41)42/h24-33,37-38H,1-23H2,(H,39,40)(H,41,42). The van der Waals surface area contributed by atoms with Gasteiger partial charge in [0, 0.05) is 19.1 Å². The van der Waals surface area contributed by atoms with Crippen molar-refractivity contribution in [1.82, 2.24) is 0 Å². The number of carboxylic acids is 2. The molecule has 49 heavy (non-hydrogen) atoms. The summed E-state index contributed by atoms with van der Waals surface area (Å²) in [6.45, 7) is 3.68. The SMILES string of the molecule is O=C(O)C1CCC(O)CC1COOC1CCC(CCOCCOCCOCCC2CCC(OC(=O)C3CC(O)CCC3C(=O)O)CC2)CC1. The van der Waals surface area contributed by atoms with Crippen molar-refractivity contribution in [3.8, 4) is 0 Å².